The highest BCUT2D eigenvalue weighted by molar-refractivity contribution is 7.13. The second-order valence-electron chi connectivity index (χ2n) is 6.12. The van der Waals surface area contributed by atoms with Crippen molar-refractivity contribution in [1.82, 2.24) is 15.5 Å². The van der Waals surface area contributed by atoms with E-state index in [1.165, 1.54) is 11.3 Å². The Morgan fingerprint density at radius 2 is 1.96 bits per heavy atom. The SMILES string of the molecule is COCc1nnc(C(=O)Nc2ccc(C(=O)N[C@H](C)Cc3ccco3)cc2)s1. The third kappa shape index (κ3) is 5.24. The molecule has 3 aromatic rings. The van der Waals surface area contributed by atoms with Gasteiger partial charge in [-0.3, -0.25) is 9.59 Å². The first-order chi connectivity index (χ1) is 13.5. The molecule has 3 rings (SSSR count). The maximum absolute atomic E-state index is 12.3. The molecule has 1 atom stereocenters. The van der Waals surface area contributed by atoms with Crippen LogP contribution in [0.1, 0.15) is 37.9 Å². The fraction of sp³-hybridized carbons (Fsp3) is 0.263. The number of anilines is 1. The molecule has 0 spiro atoms. The van der Waals surface area contributed by atoms with Crippen molar-refractivity contribution < 1.29 is 18.7 Å². The summed E-state index contributed by atoms with van der Waals surface area (Å²) in [6.07, 6.45) is 2.22. The Kier molecular flexibility index (Phi) is 6.51. The number of carbonyl (C=O) groups excluding carboxylic acids is 2. The van der Waals surface area contributed by atoms with Crippen LogP contribution in [0.2, 0.25) is 0 Å². The second-order valence-corrected chi connectivity index (χ2v) is 7.19. The van der Waals surface area contributed by atoms with Crippen molar-refractivity contribution >= 4 is 28.8 Å². The normalized spacial score (nSPS) is 11.8. The van der Waals surface area contributed by atoms with Gasteiger partial charge in [-0.1, -0.05) is 11.3 Å². The molecule has 2 amide bonds. The van der Waals surface area contributed by atoms with E-state index < -0.39 is 0 Å². The van der Waals surface area contributed by atoms with Crippen molar-refractivity contribution in [3.63, 3.8) is 0 Å². The van der Waals surface area contributed by atoms with Crippen LogP contribution in [0.25, 0.3) is 0 Å². The first-order valence-corrected chi connectivity index (χ1v) is 9.43. The number of ether oxygens (including phenoxy) is 1. The van der Waals surface area contributed by atoms with Crippen LogP contribution in [0.15, 0.2) is 47.1 Å². The zero-order chi connectivity index (χ0) is 19.9. The van der Waals surface area contributed by atoms with Crippen LogP contribution in [0.5, 0.6) is 0 Å². The standard InChI is InChI=1S/C19H20N4O4S/c1-12(10-15-4-3-9-27-15)20-17(24)13-5-7-14(8-6-13)21-18(25)19-23-22-16(28-19)11-26-2/h3-9,12H,10-11H2,1-2H3,(H,20,24)(H,21,25)/t12-/m1/s1. The maximum atomic E-state index is 12.3. The van der Waals surface area contributed by atoms with Gasteiger partial charge in [-0.25, -0.2) is 0 Å². The lowest BCUT2D eigenvalue weighted by Crippen LogP contribution is -2.33. The van der Waals surface area contributed by atoms with Crippen molar-refractivity contribution in [2.45, 2.75) is 26.0 Å². The largest absolute Gasteiger partial charge is 0.469 e. The third-order valence-corrected chi connectivity index (χ3v) is 4.69. The molecule has 0 aliphatic carbocycles. The van der Waals surface area contributed by atoms with E-state index in [0.717, 1.165) is 5.76 Å². The highest BCUT2D eigenvalue weighted by atomic mass is 32.1. The molecule has 0 aliphatic rings. The lowest BCUT2D eigenvalue weighted by atomic mass is 10.1. The molecule has 146 valence electrons. The summed E-state index contributed by atoms with van der Waals surface area (Å²) in [5.74, 6) is 0.269. The van der Waals surface area contributed by atoms with E-state index in [4.69, 9.17) is 9.15 Å². The van der Waals surface area contributed by atoms with Crippen molar-refractivity contribution in [3.8, 4) is 0 Å². The predicted molar refractivity (Wildman–Crippen MR) is 104 cm³/mol. The number of carbonyl (C=O) groups is 2. The molecule has 2 heterocycles. The molecule has 8 nitrogen and oxygen atoms in total. The average Bonchev–Trinajstić information content (AvgIpc) is 3.34. The van der Waals surface area contributed by atoms with Gasteiger partial charge in [0.05, 0.1) is 12.9 Å². The summed E-state index contributed by atoms with van der Waals surface area (Å²) in [6.45, 7) is 2.22. The van der Waals surface area contributed by atoms with Gasteiger partial charge in [-0.2, -0.15) is 0 Å². The van der Waals surface area contributed by atoms with E-state index in [-0.39, 0.29) is 22.9 Å². The van der Waals surface area contributed by atoms with Crippen LogP contribution in [0, 0.1) is 0 Å². The lowest BCUT2D eigenvalue weighted by molar-refractivity contribution is 0.0938. The smallest absolute Gasteiger partial charge is 0.286 e. The van der Waals surface area contributed by atoms with Crippen molar-refractivity contribution in [2.24, 2.45) is 0 Å². The summed E-state index contributed by atoms with van der Waals surface area (Å²) in [5, 5.41) is 14.3. The number of rotatable bonds is 8. The van der Waals surface area contributed by atoms with Crippen molar-refractivity contribution in [2.75, 3.05) is 12.4 Å². The number of nitrogens with one attached hydrogen (secondary N) is 2. The van der Waals surface area contributed by atoms with Gasteiger partial charge in [0.25, 0.3) is 11.8 Å². The number of hydrogen-bond donors (Lipinski definition) is 2. The minimum Gasteiger partial charge on any atom is -0.469 e. The second kappa shape index (κ2) is 9.25. The van der Waals surface area contributed by atoms with E-state index in [1.807, 2.05) is 19.1 Å². The lowest BCUT2D eigenvalue weighted by Gasteiger charge is -2.13. The first-order valence-electron chi connectivity index (χ1n) is 8.61. The number of amides is 2. The molecular weight excluding hydrogens is 380 g/mol. The highest BCUT2D eigenvalue weighted by Crippen LogP contribution is 2.15. The van der Waals surface area contributed by atoms with Gasteiger partial charge in [-0.05, 0) is 43.3 Å². The molecule has 0 fully saturated rings. The van der Waals surface area contributed by atoms with Crippen LogP contribution in [0.4, 0.5) is 5.69 Å². The van der Waals surface area contributed by atoms with Gasteiger partial charge in [0.1, 0.15) is 10.8 Å². The zero-order valence-electron chi connectivity index (χ0n) is 15.5. The third-order valence-electron chi connectivity index (χ3n) is 3.80. The quantitative estimate of drug-likeness (QED) is 0.602. The van der Waals surface area contributed by atoms with E-state index in [1.54, 1.807) is 37.6 Å². The van der Waals surface area contributed by atoms with Crippen LogP contribution in [0.3, 0.4) is 0 Å². The Morgan fingerprint density at radius 1 is 1.18 bits per heavy atom. The first kappa shape index (κ1) is 19.7. The minimum atomic E-state index is -0.357. The van der Waals surface area contributed by atoms with Gasteiger partial charge in [0.2, 0.25) is 5.01 Å². The fourth-order valence-corrected chi connectivity index (χ4v) is 3.21. The van der Waals surface area contributed by atoms with Crippen LogP contribution < -0.4 is 10.6 Å². The van der Waals surface area contributed by atoms with Gasteiger partial charge < -0.3 is 19.8 Å². The molecule has 0 aliphatic heterocycles. The number of aromatic nitrogens is 2. The Hall–Kier alpha value is -3.04. The van der Waals surface area contributed by atoms with E-state index >= 15 is 0 Å². The molecular formula is C19H20N4O4S. The molecule has 2 aromatic heterocycles. The summed E-state index contributed by atoms with van der Waals surface area (Å²) in [5.41, 5.74) is 1.07. The van der Waals surface area contributed by atoms with Crippen LogP contribution >= 0.6 is 11.3 Å². The molecule has 2 N–H and O–H groups in total. The topological polar surface area (TPSA) is 106 Å². The summed E-state index contributed by atoms with van der Waals surface area (Å²) in [6, 6.07) is 10.3. The zero-order valence-corrected chi connectivity index (χ0v) is 16.3. The van der Waals surface area contributed by atoms with Gasteiger partial charge in [0, 0.05) is 30.8 Å². The summed E-state index contributed by atoms with van der Waals surface area (Å²) in [7, 11) is 1.55. The van der Waals surface area contributed by atoms with Crippen LogP contribution in [-0.2, 0) is 17.8 Å². The van der Waals surface area contributed by atoms with Gasteiger partial charge in [0.15, 0.2) is 0 Å². The Morgan fingerprint density at radius 3 is 2.64 bits per heavy atom. The Labute approximate surface area is 165 Å². The predicted octanol–water partition coefficient (Wildman–Crippen LogP) is 2.89. The van der Waals surface area contributed by atoms with Gasteiger partial charge >= 0.3 is 0 Å². The van der Waals surface area contributed by atoms with Gasteiger partial charge in [-0.15, -0.1) is 10.2 Å². The van der Waals surface area contributed by atoms with Crippen molar-refractivity contribution in [3.05, 3.63) is 64.0 Å². The molecule has 9 heteroatoms. The monoisotopic (exact) mass is 400 g/mol. The van der Waals surface area contributed by atoms with E-state index in [0.29, 0.717) is 29.3 Å². The number of methoxy groups -OCH3 is 1. The fourth-order valence-electron chi connectivity index (χ4n) is 2.51. The molecule has 0 radical (unpaired) electrons. The number of nitrogens with zero attached hydrogens (tertiary/aromatic N) is 2. The molecule has 0 saturated heterocycles. The van der Waals surface area contributed by atoms with E-state index in [9.17, 15) is 9.59 Å². The van der Waals surface area contributed by atoms with Crippen molar-refractivity contribution in [1.29, 1.82) is 0 Å². The number of hydrogen-bond acceptors (Lipinski definition) is 7. The molecule has 1 aromatic carbocycles. The number of furan rings is 1. The Bertz CT molecular complexity index is 922. The maximum Gasteiger partial charge on any atom is 0.286 e. The molecule has 0 unspecified atom stereocenters. The summed E-state index contributed by atoms with van der Waals surface area (Å²) < 4.78 is 10.3. The Balaban J connectivity index is 1.54. The van der Waals surface area contributed by atoms with E-state index in [2.05, 4.69) is 20.8 Å². The highest BCUT2D eigenvalue weighted by Gasteiger charge is 2.14. The molecule has 0 saturated carbocycles. The summed E-state index contributed by atoms with van der Waals surface area (Å²) >= 11 is 1.17. The summed E-state index contributed by atoms with van der Waals surface area (Å²) in [4.78, 5) is 24.6. The number of benzene rings is 1. The molecule has 0 bridgehead atoms. The average molecular weight is 400 g/mol. The van der Waals surface area contributed by atoms with Crippen LogP contribution in [-0.4, -0.2) is 35.2 Å². The minimum absolute atomic E-state index is 0.0725. The molecule has 28 heavy (non-hydrogen) atoms.